The van der Waals surface area contributed by atoms with Crippen LogP contribution in [0.4, 0.5) is 11.4 Å². The largest absolute Gasteiger partial charge is 0.489 e. The van der Waals surface area contributed by atoms with E-state index in [0.29, 0.717) is 18.7 Å². The van der Waals surface area contributed by atoms with Crippen LogP contribution in [0.25, 0.3) is 11.1 Å². The Kier molecular flexibility index (Phi) is 8.44. The summed E-state index contributed by atoms with van der Waals surface area (Å²) in [5.41, 5.74) is 2.74. The van der Waals surface area contributed by atoms with Gasteiger partial charge < -0.3 is 15.2 Å². The second-order valence-corrected chi connectivity index (χ2v) is 11.5. The number of aliphatic hydroxyl groups excluding tert-OH is 1. The van der Waals surface area contributed by atoms with Crippen molar-refractivity contribution in [1.82, 2.24) is 10.3 Å². The van der Waals surface area contributed by atoms with Crippen LogP contribution in [0.1, 0.15) is 29.2 Å². The number of hydrogen-bond donors (Lipinski definition) is 3. The molecule has 1 aliphatic heterocycles. The minimum atomic E-state index is -4.09. The lowest BCUT2D eigenvalue weighted by molar-refractivity contribution is -0.384. The molecule has 214 valence electrons. The van der Waals surface area contributed by atoms with Crippen molar-refractivity contribution >= 4 is 21.4 Å². The summed E-state index contributed by atoms with van der Waals surface area (Å²) in [4.78, 5) is 14.4. The van der Waals surface area contributed by atoms with E-state index in [2.05, 4.69) is 15.0 Å². The molecule has 11 nitrogen and oxygen atoms in total. The van der Waals surface area contributed by atoms with Gasteiger partial charge in [0.15, 0.2) is 0 Å². The van der Waals surface area contributed by atoms with Gasteiger partial charge in [0.05, 0.1) is 27.2 Å². The molecule has 0 amide bonds. The van der Waals surface area contributed by atoms with Gasteiger partial charge in [0.25, 0.3) is 15.7 Å². The van der Waals surface area contributed by atoms with Crippen LogP contribution in [-0.2, 0) is 16.4 Å². The fraction of sp³-hybridized carbons (Fsp3) is 0.200. The number of nitriles is 1. The van der Waals surface area contributed by atoms with Crippen molar-refractivity contribution in [2.24, 2.45) is 0 Å². The number of rotatable bonds is 10. The molecule has 4 aromatic rings. The number of benzene rings is 3. The molecule has 2 atom stereocenters. The molecular weight excluding hydrogens is 558 g/mol. The molecule has 2 unspecified atom stereocenters. The first-order chi connectivity index (χ1) is 20.2. The van der Waals surface area contributed by atoms with E-state index in [-0.39, 0.29) is 27.9 Å². The van der Waals surface area contributed by atoms with Gasteiger partial charge in [-0.05, 0) is 65.9 Å². The van der Waals surface area contributed by atoms with Crippen molar-refractivity contribution < 1.29 is 23.2 Å². The maximum atomic E-state index is 13.2. The Bertz CT molecular complexity index is 1760. The average Bonchev–Trinajstić information content (AvgIpc) is 3.01. The van der Waals surface area contributed by atoms with E-state index in [1.807, 2.05) is 24.3 Å². The highest BCUT2D eigenvalue weighted by Crippen LogP contribution is 2.33. The summed E-state index contributed by atoms with van der Waals surface area (Å²) in [7, 11) is -4.09. The van der Waals surface area contributed by atoms with E-state index < -0.39 is 21.1 Å². The van der Waals surface area contributed by atoms with Gasteiger partial charge in [-0.15, -0.1) is 0 Å². The van der Waals surface area contributed by atoms with Crippen molar-refractivity contribution in [3.05, 3.63) is 112 Å². The zero-order valence-electron chi connectivity index (χ0n) is 22.3. The fourth-order valence-electron chi connectivity index (χ4n) is 4.71. The molecule has 2 heterocycles. The summed E-state index contributed by atoms with van der Waals surface area (Å²) < 4.78 is 34.8. The summed E-state index contributed by atoms with van der Waals surface area (Å²) in [5, 5.41) is 34.0. The van der Waals surface area contributed by atoms with Crippen molar-refractivity contribution in [3.8, 4) is 22.9 Å². The summed E-state index contributed by atoms with van der Waals surface area (Å²) in [6.45, 7) is 0.959. The summed E-state index contributed by atoms with van der Waals surface area (Å²) in [6.07, 6.45) is 4.15. The number of nitrogens with zero attached hydrogens (tertiary/aromatic N) is 3. The molecule has 3 aromatic carbocycles. The Morgan fingerprint density at radius 2 is 1.95 bits per heavy atom. The zero-order valence-corrected chi connectivity index (χ0v) is 23.1. The predicted octanol–water partition coefficient (Wildman–Crippen LogP) is 4.35. The molecule has 0 fully saturated rings. The van der Waals surface area contributed by atoms with Gasteiger partial charge in [0.1, 0.15) is 17.9 Å². The number of non-ortho nitro benzene ring substituents is 1. The number of aryl methyl sites for hydroxylation is 1. The average molecular weight is 586 g/mol. The Balaban J connectivity index is 1.25. The lowest BCUT2D eigenvalue weighted by Crippen LogP contribution is -2.36. The van der Waals surface area contributed by atoms with Crippen molar-refractivity contribution in [3.63, 3.8) is 0 Å². The predicted molar refractivity (Wildman–Crippen MR) is 155 cm³/mol. The molecule has 0 spiro atoms. The first kappa shape index (κ1) is 28.7. The lowest BCUT2D eigenvalue weighted by atomic mass is 9.97. The first-order valence-electron chi connectivity index (χ1n) is 13.1. The van der Waals surface area contributed by atoms with Crippen LogP contribution in [0, 0.1) is 21.4 Å². The molecular formula is C30H27N5O6S. The molecule has 0 saturated heterocycles. The number of ether oxygens (including phenoxy) is 1. The molecule has 0 bridgehead atoms. The second kappa shape index (κ2) is 12.4. The van der Waals surface area contributed by atoms with Gasteiger partial charge in [-0.25, -0.2) is 8.42 Å². The highest BCUT2D eigenvalue weighted by atomic mass is 32.2. The minimum Gasteiger partial charge on any atom is -0.489 e. The molecule has 1 aliphatic rings. The van der Waals surface area contributed by atoms with E-state index in [1.165, 1.54) is 18.2 Å². The van der Waals surface area contributed by atoms with Gasteiger partial charge in [-0.1, -0.05) is 24.3 Å². The Morgan fingerprint density at radius 3 is 2.71 bits per heavy atom. The normalized spacial score (nSPS) is 15.1. The summed E-state index contributed by atoms with van der Waals surface area (Å²) in [5.74, 6) is 0.761. The molecule has 0 aliphatic carbocycles. The SMILES string of the molecule is N#Cc1cc([N+](=O)[O-])ccc1NS(=O)(=O)c1cccc(-c2ccc3c(c2)CCC(CNCC(O)c2cccnc2)O3)c1. The minimum absolute atomic E-state index is 0.0178. The summed E-state index contributed by atoms with van der Waals surface area (Å²) in [6, 6.07) is 20.9. The number of nitro benzene ring substituents is 1. The smallest absolute Gasteiger partial charge is 0.270 e. The molecule has 0 saturated carbocycles. The number of aromatic nitrogens is 1. The van der Waals surface area contributed by atoms with Gasteiger partial charge in [0, 0.05) is 43.2 Å². The number of hydrogen-bond acceptors (Lipinski definition) is 9. The Morgan fingerprint density at radius 1 is 1.12 bits per heavy atom. The monoisotopic (exact) mass is 585 g/mol. The zero-order chi connectivity index (χ0) is 29.7. The molecule has 12 heteroatoms. The van der Waals surface area contributed by atoms with Crippen LogP contribution in [0.2, 0.25) is 0 Å². The fourth-order valence-corrected chi connectivity index (χ4v) is 5.84. The molecule has 5 rings (SSSR count). The van der Waals surface area contributed by atoms with Gasteiger partial charge >= 0.3 is 0 Å². The van der Waals surface area contributed by atoms with E-state index in [1.54, 1.807) is 36.7 Å². The third-order valence-corrected chi connectivity index (χ3v) is 8.29. The van der Waals surface area contributed by atoms with Gasteiger partial charge in [-0.2, -0.15) is 5.26 Å². The standard InChI is InChI=1S/C30H27N5O6S/c31-16-24-14-25(35(37)38)8-10-28(24)34-42(39,40)27-5-1-3-20(15-27)21-7-11-30-22(13-21)6-9-26(41-30)18-33-19-29(36)23-4-2-12-32-17-23/h1-5,7-8,10-15,17,26,29,33-34,36H,6,9,18-19H2. The van der Waals surface area contributed by atoms with Crippen LogP contribution < -0.4 is 14.8 Å². The number of fused-ring (bicyclic) bond motifs is 1. The quantitative estimate of drug-likeness (QED) is 0.181. The topological polar surface area (TPSA) is 167 Å². The highest BCUT2D eigenvalue weighted by Gasteiger charge is 2.22. The van der Waals surface area contributed by atoms with Crippen LogP contribution in [-0.4, -0.2) is 42.6 Å². The van der Waals surface area contributed by atoms with E-state index >= 15 is 0 Å². The Hall–Kier alpha value is -4.83. The molecule has 42 heavy (non-hydrogen) atoms. The van der Waals surface area contributed by atoms with Crippen molar-refractivity contribution in [2.75, 3.05) is 17.8 Å². The van der Waals surface area contributed by atoms with E-state index in [0.717, 1.165) is 47.4 Å². The van der Waals surface area contributed by atoms with Crippen LogP contribution in [0.3, 0.4) is 0 Å². The van der Waals surface area contributed by atoms with E-state index in [9.17, 15) is 28.9 Å². The van der Waals surface area contributed by atoms with Crippen molar-refractivity contribution in [1.29, 1.82) is 5.26 Å². The van der Waals surface area contributed by atoms with Gasteiger partial charge in [0.2, 0.25) is 0 Å². The van der Waals surface area contributed by atoms with Crippen molar-refractivity contribution in [2.45, 2.75) is 29.9 Å². The van der Waals surface area contributed by atoms with Gasteiger partial charge in [-0.3, -0.25) is 19.8 Å². The highest BCUT2D eigenvalue weighted by molar-refractivity contribution is 7.92. The molecule has 1 aromatic heterocycles. The van der Waals surface area contributed by atoms with E-state index in [4.69, 9.17) is 4.74 Å². The Labute approximate surface area is 242 Å². The maximum absolute atomic E-state index is 13.2. The van der Waals surface area contributed by atoms with Crippen LogP contribution in [0.15, 0.2) is 90.1 Å². The number of sulfonamides is 1. The number of pyridine rings is 1. The summed E-state index contributed by atoms with van der Waals surface area (Å²) >= 11 is 0. The second-order valence-electron chi connectivity index (χ2n) is 9.79. The maximum Gasteiger partial charge on any atom is 0.270 e. The van der Waals surface area contributed by atoms with Crippen LogP contribution in [0.5, 0.6) is 5.75 Å². The number of nitrogens with one attached hydrogen (secondary N) is 2. The molecule has 0 radical (unpaired) electrons. The van der Waals surface area contributed by atoms with Crippen LogP contribution >= 0.6 is 0 Å². The first-order valence-corrected chi connectivity index (χ1v) is 14.6. The number of aliphatic hydroxyl groups is 1. The lowest BCUT2D eigenvalue weighted by Gasteiger charge is -2.27. The third kappa shape index (κ3) is 6.55. The number of anilines is 1. The molecule has 3 N–H and O–H groups in total. The third-order valence-electron chi connectivity index (χ3n) is 6.93. The number of nitro groups is 1.